The summed E-state index contributed by atoms with van der Waals surface area (Å²) in [5.74, 6) is -0.555. The maximum atomic E-state index is 12.2. The summed E-state index contributed by atoms with van der Waals surface area (Å²) in [4.78, 5) is 25.1. The lowest BCUT2D eigenvalue weighted by Gasteiger charge is -2.33. The minimum Gasteiger partial charge on any atom is -0.480 e. The summed E-state index contributed by atoms with van der Waals surface area (Å²) in [5.41, 5.74) is 0. The number of carbonyl (C=O) groups is 2. The molecule has 3 atom stereocenters. The van der Waals surface area contributed by atoms with E-state index in [2.05, 4.69) is 0 Å². The van der Waals surface area contributed by atoms with E-state index in [1.54, 1.807) is 12.0 Å². The second-order valence-electron chi connectivity index (χ2n) is 5.25. The smallest absolute Gasteiger partial charge is 0.326 e. The summed E-state index contributed by atoms with van der Waals surface area (Å²) in [7, 11) is 1.55. The van der Waals surface area contributed by atoms with E-state index >= 15 is 0 Å². The second-order valence-corrected chi connectivity index (χ2v) is 5.25. The summed E-state index contributed by atoms with van der Waals surface area (Å²) < 4.78 is 4.91. The van der Waals surface area contributed by atoms with Crippen LogP contribution in [0.5, 0.6) is 0 Å². The standard InChI is InChI=1S/C13H21NO4/c1-18-7-6-12(15)14-10-5-3-2-4-9(10)8-11(14)13(16)17/h9-11H,2-8H2,1H3,(H,16,17)/t9-,10+,11+/m1/s1. The topological polar surface area (TPSA) is 66.8 Å². The van der Waals surface area contributed by atoms with Crippen LogP contribution in [-0.4, -0.2) is 47.7 Å². The molecule has 1 heterocycles. The minimum absolute atomic E-state index is 0.0707. The number of ether oxygens (including phenoxy) is 1. The molecule has 1 aliphatic carbocycles. The average molecular weight is 255 g/mol. The van der Waals surface area contributed by atoms with Gasteiger partial charge >= 0.3 is 5.97 Å². The molecular weight excluding hydrogens is 234 g/mol. The number of carboxylic acids is 1. The Hall–Kier alpha value is -1.10. The predicted octanol–water partition coefficient (Wildman–Crippen LogP) is 1.27. The number of carbonyl (C=O) groups excluding carboxylic acids is 1. The zero-order valence-corrected chi connectivity index (χ0v) is 10.8. The number of nitrogens with zero attached hydrogens (tertiary/aromatic N) is 1. The quantitative estimate of drug-likeness (QED) is 0.821. The summed E-state index contributed by atoms with van der Waals surface area (Å²) in [6.45, 7) is 0.360. The molecule has 2 aliphatic rings. The molecule has 1 aliphatic heterocycles. The Morgan fingerprint density at radius 3 is 2.72 bits per heavy atom. The third kappa shape index (κ3) is 2.51. The van der Waals surface area contributed by atoms with Crippen molar-refractivity contribution in [3.63, 3.8) is 0 Å². The molecule has 18 heavy (non-hydrogen) atoms. The average Bonchev–Trinajstić information content (AvgIpc) is 2.75. The van der Waals surface area contributed by atoms with Crippen LogP contribution >= 0.6 is 0 Å². The van der Waals surface area contributed by atoms with E-state index in [9.17, 15) is 14.7 Å². The monoisotopic (exact) mass is 255 g/mol. The van der Waals surface area contributed by atoms with Crippen molar-refractivity contribution in [3.05, 3.63) is 0 Å². The Bertz CT molecular complexity index is 331. The van der Waals surface area contributed by atoms with Crippen molar-refractivity contribution in [1.82, 2.24) is 4.90 Å². The molecule has 5 heteroatoms. The van der Waals surface area contributed by atoms with Crippen LogP contribution in [0.25, 0.3) is 0 Å². The maximum Gasteiger partial charge on any atom is 0.326 e. The van der Waals surface area contributed by atoms with Crippen LogP contribution in [-0.2, 0) is 14.3 Å². The van der Waals surface area contributed by atoms with E-state index in [1.165, 1.54) is 0 Å². The third-order valence-corrected chi connectivity index (χ3v) is 4.18. The molecule has 1 N–H and O–H groups in total. The van der Waals surface area contributed by atoms with Crippen LogP contribution < -0.4 is 0 Å². The minimum atomic E-state index is -0.866. The van der Waals surface area contributed by atoms with E-state index < -0.39 is 12.0 Å². The van der Waals surface area contributed by atoms with Crippen molar-refractivity contribution in [2.24, 2.45) is 5.92 Å². The molecule has 0 aromatic heterocycles. The van der Waals surface area contributed by atoms with Crippen molar-refractivity contribution in [2.45, 2.75) is 50.6 Å². The first kappa shape index (κ1) is 13.3. The van der Waals surface area contributed by atoms with Crippen molar-refractivity contribution >= 4 is 11.9 Å². The highest BCUT2D eigenvalue weighted by molar-refractivity contribution is 5.84. The van der Waals surface area contributed by atoms with Crippen LogP contribution in [0.4, 0.5) is 0 Å². The fourth-order valence-electron chi connectivity index (χ4n) is 3.36. The molecule has 0 radical (unpaired) electrons. The van der Waals surface area contributed by atoms with E-state index in [4.69, 9.17) is 4.74 Å². The Kier molecular flexibility index (Phi) is 4.22. The van der Waals surface area contributed by atoms with Gasteiger partial charge in [0.1, 0.15) is 6.04 Å². The Balaban J connectivity index is 2.11. The molecule has 1 saturated heterocycles. The van der Waals surface area contributed by atoms with Crippen LogP contribution in [0.3, 0.4) is 0 Å². The van der Waals surface area contributed by atoms with Crippen molar-refractivity contribution in [2.75, 3.05) is 13.7 Å². The Morgan fingerprint density at radius 2 is 2.06 bits per heavy atom. The largest absolute Gasteiger partial charge is 0.480 e. The summed E-state index contributed by atoms with van der Waals surface area (Å²) in [5, 5.41) is 9.28. The highest BCUT2D eigenvalue weighted by atomic mass is 16.5. The molecular formula is C13H21NO4. The number of carboxylic acid groups (broad SMARTS) is 1. The molecule has 0 aromatic rings. The summed E-state index contributed by atoms with van der Waals surface area (Å²) in [6, 6.07) is -0.480. The molecule has 2 rings (SSSR count). The highest BCUT2D eigenvalue weighted by Gasteiger charge is 2.47. The summed E-state index contributed by atoms with van der Waals surface area (Å²) in [6.07, 6.45) is 5.17. The molecule has 1 saturated carbocycles. The number of hydrogen-bond donors (Lipinski definition) is 1. The first-order chi connectivity index (χ1) is 8.65. The normalized spacial score (nSPS) is 31.2. The van der Waals surface area contributed by atoms with Gasteiger partial charge in [0, 0.05) is 13.2 Å². The Morgan fingerprint density at radius 1 is 1.33 bits per heavy atom. The van der Waals surface area contributed by atoms with Crippen molar-refractivity contribution in [1.29, 1.82) is 0 Å². The van der Waals surface area contributed by atoms with Gasteiger partial charge in [0.2, 0.25) is 5.91 Å². The fourth-order valence-corrected chi connectivity index (χ4v) is 3.36. The van der Waals surface area contributed by atoms with Crippen LogP contribution in [0.1, 0.15) is 38.5 Å². The first-order valence-corrected chi connectivity index (χ1v) is 6.68. The van der Waals surface area contributed by atoms with E-state index in [0.29, 0.717) is 18.9 Å². The molecule has 0 unspecified atom stereocenters. The van der Waals surface area contributed by atoms with Crippen LogP contribution in [0.15, 0.2) is 0 Å². The van der Waals surface area contributed by atoms with Crippen LogP contribution in [0.2, 0.25) is 0 Å². The molecule has 2 fully saturated rings. The molecule has 102 valence electrons. The van der Waals surface area contributed by atoms with Gasteiger partial charge in [-0.05, 0) is 25.2 Å². The van der Waals surface area contributed by atoms with E-state index in [-0.39, 0.29) is 18.4 Å². The number of fused-ring (bicyclic) bond motifs is 1. The van der Waals surface area contributed by atoms with Gasteiger partial charge in [-0.3, -0.25) is 4.79 Å². The summed E-state index contributed by atoms with van der Waals surface area (Å²) >= 11 is 0. The third-order valence-electron chi connectivity index (χ3n) is 4.18. The molecule has 5 nitrogen and oxygen atoms in total. The highest BCUT2D eigenvalue weighted by Crippen LogP contribution is 2.40. The molecule has 0 spiro atoms. The van der Waals surface area contributed by atoms with Gasteiger partial charge in [-0.2, -0.15) is 0 Å². The number of aliphatic carboxylic acids is 1. The van der Waals surface area contributed by atoms with Gasteiger partial charge in [-0.1, -0.05) is 12.8 Å². The van der Waals surface area contributed by atoms with E-state index in [1.807, 2.05) is 0 Å². The first-order valence-electron chi connectivity index (χ1n) is 6.68. The fraction of sp³-hybridized carbons (Fsp3) is 0.846. The number of methoxy groups -OCH3 is 1. The lowest BCUT2D eigenvalue weighted by molar-refractivity contribution is -0.150. The zero-order valence-electron chi connectivity index (χ0n) is 10.8. The Labute approximate surface area is 107 Å². The van der Waals surface area contributed by atoms with Gasteiger partial charge in [-0.25, -0.2) is 4.79 Å². The number of hydrogen-bond acceptors (Lipinski definition) is 3. The van der Waals surface area contributed by atoms with Gasteiger partial charge in [0.15, 0.2) is 0 Å². The van der Waals surface area contributed by atoms with Crippen LogP contribution in [0, 0.1) is 5.92 Å². The number of amides is 1. The predicted molar refractivity (Wildman–Crippen MR) is 65.1 cm³/mol. The molecule has 0 aromatic carbocycles. The SMILES string of the molecule is COCCC(=O)N1[C@H](C(=O)O)C[C@H]2CCCC[C@@H]21. The lowest BCUT2D eigenvalue weighted by atomic mass is 9.84. The number of likely N-dealkylation sites (tertiary alicyclic amines) is 1. The maximum absolute atomic E-state index is 12.2. The van der Waals surface area contributed by atoms with Gasteiger partial charge in [0.25, 0.3) is 0 Å². The van der Waals surface area contributed by atoms with Crippen molar-refractivity contribution in [3.8, 4) is 0 Å². The van der Waals surface area contributed by atoms with Gasteiger partial charge in [0.05, 0.1) is 13.0 Å². The van der Waals surface area contributed by atoms with Gasteiger partial charge < -0.3 is 14.7 Å². The number of rotatable bonds is 4. The van der Waals surface area contributed by atoms with Crippen molar-refractivity contribution < 1.29 is 19.4 Å². The lowest BCUT2D eigenvalue weighted by Crippen LogP contribution is -2.46. The second kappa shape index (κ2) is 5.69. The molecule has 1 amide bonds. The molecule has 0 bridgehead atoms. The zero-order chi connectivity index (χ0) is 13.1. The van der Waals surface area contributed by atoms with E-state index in [0.717, 1.165) is 25.7 Å². The van der Waals surface area contributed by atoms with Gasteiger partial charge in [-0.15, -0.1) is 0 Å².